The fraction of sp³-hybridized carbons (Fsp3) is 0.571. The van der Waals surface area contributed by atoms with Gasteiger partial charge in [-0.3, -0.25) is 9.69 Å². The van der Waals surface area contributed by atoms with Crippen LogP contribution in [0.4, 0.5) is 0 Å². The molecule has 19 heavy (non-hydrogen) atoms. The Kier molecular flexibility index (Phi) is 4.74. The lowest BCUT2D eigenvalue weighted by Gasteiger charge is -2.28. The fourth-order valence-corrected chi connectivity index (χ4v) is 2.15. The van der Waals surface area contributed by atoms with Crippen molar-refractivity contribution in [2.24, 2.45) is 5.92 Å². The van der Waals surface area contributed by atoms with E-state index in [9.17, 15) is 4.79 Å². The average molecular weight is 263 g/mol. The lowest BCUT2D eigenvalue weighted by atomic mass is 9.99. The van der Waals surface area contributed by atoms with Crippen LogP contribution in [0.1, 0.15) is 36.1 Å². The number of carbonyl (C=O) groups is 1. The SMILES string of the molecule is C=CCNC(=O)c1coc(CN2CCC(C)CC2)n1. The molecule has 0 saturated carbocycles. The van der Waals surface area contributed by atoms with Gasteiger partial charge in [-0.25, -0.2) is 4.98 Å². The van der Waals surface area contributed by atoms with Gasteiger partial charge in [0.05, 0.1) is 6.54 Å². The molecular formula is C14H21N3O2. The molecule has 1 aliphatic rings. The Bertz CT molecular complexity index is 434. The number of amides is 1. The van der Waals surface area contributed by atoms with Crippen molar-refractivity contribution in [3.63, 3.8) is 0 Å². The summed E-state index contributed by atoms with van der Waals surface area (Å²) in [5.74, 6) is 1.20. The topological polar surface area (TPSA) is 58.4 Å². The van der Waals surface area contributed by atoms with Gasteiger partial charge in [-0.2, -0.15) is 0 Å². The van der Waals surface area contributed by atoms with Gasteiger partial charge in [-0.05, 0) is 31.8 Å². The molecule has 104 valence electrons. The Morgan fingerprint density at radius 1 is 1.63 bits per heavy atom. The van der Waals surface area contributed by atoms with E-state index < -0.39 is 0 Å². The molecule has 1 fully saturated rings. The lowest BCUT2D eigenvalue weighted by Crippen LogP contribution is -2.32. The standard InChI is InChI=1S/C14H21N3O2/c1-3-6-15-14(18)12-10-19-13(16-12)9-17-7-4-11(2)5-8-17/h3,10-11H,1,4-9H2,2H3,(H,15,18). The van der Waals surface area contributed by atoms with Crippen molar-refractivity contribution in [3.8, 4) is 0 Å². The van der Waals surface area contributed by atoms with Crippen molar-refractivity contribution >= 4 is 5.91 Å². The average Bonchev–Trinajstić information content (AvgIpc) is 2.87. The molecule has 1 N–H and O–H groups in total. The van der Waals surface area contributed by atoms with Gasteiger partial charge >= 0.3 is 0 Å². The Balaban J connectivity index is 1.86. The first kappa shape index (κ1) is 13.8. The molecule has 1 saturated heterocycles. The molecule has 0 radical (unpaired) electrons. The van der Waals surface area contributed by atoms with Crippen LogP contribution in [0.3, 0.4) is 0 Å². The van der Waals surface area contributed by atoms with E-state index >= 15 is 0 Å². The van der Waals surface area contributed by atoms with Crippen LogP contribution in [0, 0.1) is 5.92 Å². The van der Waals surface area contributed by atoms with E-state index in [1.54, 1.807) is 6.08 Å². The van der Waals surface area contributed by atoms with Crippen LogP contribution in [-0.2, 0) is 6.54 Å². The third-order valence-corrected chi connectivity index (χ3v) is 3.43. The Labute approximate surface area is 113 Å². The van der Waals surface area contributed by atoms with Crippen LogP contribution in [-0.4, -0.2) is 35.4 Å². The van der Waals surface area contributed by atoms with Gasteiger partial charge < -0.3 is 9.73 Å². The molecule has 2 heterocycles. The van der Waals surface area contributed by atoms with Crippen LogP contribution < -0.4 is 5.32 Å². The molecule has 0 atom stereocenters. The summed E-state index contributed by atoms with van der Waals surface area (Å²) < 4.78 is 5.36. The zero-order chi connectivity index (χ0) is 13.7. The van der Waals surface area contributed by atoms with Crippen molar-refractivity contribution in [2.75, 3.05) is 19.6 Å². The maximum Gasteiger partial charge on any atom is 0.273 e. The minimum atomic E-state index is -0.220. The number of hydrogen-bond donors (Lipinski definition) is 1. The normalized spacial score (nSPS) is 17.3. The number of rotatable bonds is 5. The zero-order valence-corrected chi connectivity index (χ0v) is 11.4. The smallest absolute Gasteiger partial charge is 0.273 e. The summed E-state index contributed by atoms with van der Waals surface area (Å²) in [5.41, 5.74) is 0.335. The highest BCUT2D eigenvalue weighted by Crippen LogP contribution is 2.17. The fourth-order valence-electron chi connectivity index (χ4n) is 2.15. The van der Waals surface area contributed by atoms with E-state index in [0.717, 1.165) is 19.0 Å². The van der Waals surface area contributed by atoms with Crippen molar-refractivity contribution in [1.29, 1.82) is 0 Å². The molecule has 2 rings (SSSR count). The van der Waals surface area contributed by atoms with Gasteiger partial charge in [0.2, 0.25) is 5.89 Å². The molecule has 0 spiro atoms. The largest absolute Gasteiger partial charge is 0.447 e. The van der Waals surface area contributed by atoms with Gasteiger partial charge in [0, 0.05) is 6.54 Å². The summed E-state index contributed by atoms with van der Waals surface area (Å²) in [4.78, 5) is 18.2. The van der Waals surface area contributed by atoms with Crippen LogP contribution >= 0.6 is 0 Å². The predicted octanol–water partition coefficient (Wildman–Crippen LogP) is 1.82. The number of oxazole rings is 1. The molecule has 1 aromatic rings. The number of nitrogens with zero attached hydrogens (tertiary/aromatic N) is 2. The number of piperidine rings is 1. The first-order chi connectivity index (χ1) is 9.19. The molecule has 5 heteroatoms. The highest BCUT2D eigenvalue weighted by molar-refractivity contribution is 5.91. The minimum Gasteiger partial charge on any atom is -0.447 e. The van der Waals surface area contributed by atoms with Crippen molar-refractivity contribution in [2.45, 2.75) is 26.3 Å². The van der Waals surface area contributed by atoms with Gasteiger partial charge in [0.15, 0.2) is 5.69 Å². The third kappa shape index (κ3) is 3.92. The molecule has 5 nitrogen and oxygen atoms in total. The quantitative estimate of drug-likeness (QED) is 0.823. The highest BCUT2D eigenvalue weighted by Gasteiger charge is 2.18. The number of carbonyl (C=O) groups excluding carboxylic acids is 1. The zero-order valence-electron chi connectivity index (χ0n) is 11.4. The number of hydrogen-bond acceptors (Lipinski definition) is 4. The van der Waals surface area contributed by atoms with E-state index in [2.05, 4.69) is 28.7 Å². The first-order valence-corrected chi connectivity index (χ1v) is 6.75. The molecule has 0 aliphatic carbocycles. The van der Waals surface area contributed by atoms with Gasteiger partial charge in [0.25, 0.3) is 5.91 Å². The van der Waals surface area contributed by atoms with E-state index in [0.29, 0.717) is 24.7 Å². The number of likely N-dealkylation sites (tertiary alicyclic amines) is 1. The summed E-state index contributed by atoms with van der Waals surface area (Å²) in [6, 6.07) is 0. The maximum atomic E-state index is 11.7. The second-order valence-electron chi connectivity index (χ2n) is 5.08. The van der Waals surface area contributed by atoms with Crippen LogP contribution in [0.15, 0.2) is 23.3 Å². The van der Waals surface area contributed by atoms with E-state index in [4.69, 9.17) is 4.42 Å². The molecule has 1 aliphatic heterocycles. The predicted molar refractivity (Wildman–Crippen MR) is 72.7 cm³/mol. The first-order valence-electron chi connectivity index (χ1n) is 6.75. The maximum absolute atomic E-state index is 11.7. The van der Waals surface area contributed by atoms with E-state index in [1.807, 2.05) is 0 Å². The van der Waals surface area contributed by atoms with Crippen molar-refractivity contribution in [1.82, 2.24) is 15.2 Å². The van der Waals surface area contributed by atoms with Crippen LogP contribution in [0.5, 0.6) is 0 Å². The monoisotopic (exact) mass is 263 g/mol. The van der Waals surface area contributed by atoms with E-state index in [1.165, 1.54) is 19.1 Å². The molecule has 0 aromatic carbocycles. The molecule has 0 unspecified atom stereocenters. The summed E-state index contributed by atoms with van der Waals surface area (Å²) in [6.45, 7) is 9.09. The van der Waals surface area contributed by atoms with Gasteiger partial charge in [0.1, 0.15) is 6.26 Å². The van der Waals surface area contributed by atoms with Gasteiger partial charge in [-0.15, -0.1) is 6.58 Å². The molecular weight excluding hydrogens is 242 g/mol. The second kappa shape index (κ2) is 6.52. The second-order valence-corrected chi connectivity index (χ2v) is 5.08. The molecule has 1 amide bonds. The van der Waals surface area contributed by atoms with E-state index in [-0.39, 0.29) is 5.91 Å². The molecule has 0 bridgehead atoms. The summed E-state index contributed by atoms with van der Waals surface area (Å²) in [7, 11) is 0. The van der Waals surface area contributed by atoms with Crippen LogP contribution in [0.25, 0.3) is 0 Å². The third-order valence-electron chi connectivity index (χ3n) is 3.43. The lowest BCUT2D eigenvalue weighted by molar-refractivity contribution is 0.0953. The Hall–Kier alpha value is -1.62. The Morgan fingerprint density at radius 3 is 3.05 bits per heavy atom. The number of nitrogens with one attached hydrogen (secondary N) is 1. The van der Waals surface area contributed by atoms with Crippen LogP contribution in [0.2, 0.25) is 0 Å². The molecule has 1 aromatic heterocycles. The summed E-state index contributed by atoms with van der Waals surface area (Å²) in [5, 5.41) is 2.68. The highest BCUT2D eigenvalue weighted by atomic mass is 16.3. The Morgan fingerprint density at radius 2 is 2.37 bits per heavy atom. The summed E-state index contributed by atoms with van der Waals surface area (Å²) >= 11 is 0. The number of aromatic nitrogens is 1. The van der Waals surface area contributed by atoms with Crippen molar-refractivity contribution < 1.29 is 9.21 Å². The summed E-state index contributed by atoms with van der Waals surface area (Å²) in [6.07, 6.45) is 5.48. The van der Waals surface area contributed by atoms with Crippen molar-refractivity contribution in [3.05, 3.63) is 30.5 Å². The van der Waals surface area contributed by atoms with Gasteiger partial charge in [-0.1, -0.05) is 13.0 Å². The minimum absolute atomic E-state index is 0.220.